The minimum absolute atomic E-state index is 0.0129. The average Bonchev–Trinajstić information content (AvgIpc) is 2.68. The smallest absolute Gasteiger partial charge is 0.258 e. The zero-order chi connectivity index (χ0) is 20.8. The van der Waals surface area contributed by atoms with Crippen molar-refractivity contribution < 1.29 is 9.53 Å². The molecule has 1 saturated heterocycles. The van der Waals surface area contributed by atoms with E-state index >= 15 is 0 Å². The van der Waals surface area contributed by atoms with Crippen molar-refractivity contribution in [2.45, 2.75) is 19.9 Å². The Hall–Kier alpha value is -2.08. The van der Waals surface area contributed by atoms with Gasteiger partial charge < -0.3 is 15.0 Å². The SMILES string of the molecule is Cc1cc(C)cc(OCC(=O)NCC(c2ccc(Cl)cc2)N2CCN(C)CC2)c1. The van der Waals surface area contributed by atoms with Crippen LogP contribution < -0.4 is 10.1 Å². The molecule has 1 atom stereocenters. The predicted molar refractivity (Wildman–Crippen MR) is 118 cm³/mol. The fourth-order valence-corrected chi connectivity index (χ4v) is 3.83. The maximum Gasteiger partial charge on any atom is 0.258 e. The number of ether oxygens (including phenoxy) is 1. The van der Waals surface area contributed by atoms with Gasteiger partial charge in [-0.25, -0.2) is 0 Å². The Morgan fingerprint density at radius 1 is 1.07 bits per heavy atom. The zero-order valence-corrected chi connectivity index (χ0v) is 18.2. The van der Waals surface area contributed by atoms with Crippen LogP contribution in [0.1, 0.15) is 22.7 Å². The number of piperazine rings is 1. The second-order valence-corrected chi connectivity index (χ2v) is 8.26. The van der Waals surface area contributed by atoms with E-state index in [1.54, 1.807) is 0 Å². The molecule has 0 aliphatic carbocycles. The highest BCUT2D eigenvalue weighted by Gasteiger charge is 2.24. The van der Waals surface area contributed by atoms with Gasteiger partial charge in [-0.2, -0.15) is 0 Å². The Morgan fingerprint density at radius 2 is 1.69 bits per heavy atom. The van der Waals surface area contributed by atoms with Crippen LogP contribution in [0.25, 0.3) is 0 Å². The fourth-order valence-electron chi connectivity index (χ4n) is 3.70. The second kappa shape index (κ2) is 10.1. The van der Waals surface area contributed by atoms with E-state index in [1.807, 2.05) is 50.2 Å². The molecule has 0 bridgehead atoms. The van der Waals surface area contributed by atoms with E-state index in [1.165, 1.54) is 0 Å². The van der Waals surface area contributed by atoms with Crippen molar-refractivity contribution in [1.29, 1.82) is 0 Å². The van der Waals surface area contributed by atoms with Crippen molar-refractivity contribution in [3.63, 3.8) is 0 Å². The normalized spacial score (nSPS) is 16.4. The lowest BCUT2D eigenvalue weighted by molar-refractivity contribution is -0.123. The quantitative estimate of drug-likeness (QED) is 0.752. The molecule has 6 heteroatoms. The summed E-state index contributed by atoms with van der Waals surface area (Å²) in [6.07, 6.45) is 0. The molecule has 156 valence electrons. The molecule has 0 aromatic heterocycles. The zero-order valence-electron chi connectivity index (χ0n) is 17.5. The third kappa shape index (κ3) is 6.46. The van der Waals surface area contributed by atoms with E-state index in [-0.39, 0.29) is 18.6 Å². The number of likely N-dealkylation sites (N-methyl/N-ethyl adjacent to an activating group) is 1. The highest BCUT2D eigenvalue weighted by Crippen LogP contribution is 2.23. The van der Waals surface area contributed by atoms with Crippen LogP contribution in [0.2, 0.25) is 5.02 Å². The highest BCUT2D eigenvalue weighted by atomic mass is 35.5. The minimum Gasteiger partial charge on any atom is -0.484 e. The third-order valence-corrected chi connectivity index (χ3v) is 5.54. The van der Waals surface area contributed by atoms with Gasteiger partial charge in [0.15, 0.2) is 6.61 Å². The molecule has 1 aliphatic heterocycles. The van der Waals surface area contributed by atoms with E-state index in [0.29, 0.717) is 6.54 Å². The van der Waals surface area contributed by atoms with Gasteiger partial charge in [0.2, 0.25) is 0 Å². The number of hydrogen-bond donors (Lipinski definition) is 1. The molecule has 1 unspecified atom stereocenters. The first-order valence-corrected chi connectivity index (χ1v) is 10.4. The van der Waals surface area contributed by atoms with Crippen LogP contribution in [0.3, 0.4) is 0 Å². The predicted octanol–water partition coefficient (Wildman–Crippen LogP) is 3.44. The highest BCUT2D eigenvalue weighted by molar-refractivity contribution is 6.30. The second-order valence-electron chi connectivity index (χ2n) is 7.82. The molecule has 29 heavy (non-hydrogen) atoms. The van der Waals surface area contributed by atoms with Crippen LogP contribution in [-0.2, 0) is 4.79 Å². The number of aryl methyl sites for hydroxylation is 2. The van der Waals surface area contributed by atoms with Gasteiger partial charge in [-0.1, -0.05) is 29.8 Å². The number of amides is 1. The molecule has 1 heterocycles. The Labute approximate surface area is 178 Å². The Bertz CT molecular complexity index is 797. The molecule has 1 fully saturated rings. The van der Waals surface area contributed by atoms with Crippen LogP contribution in [0.4, 0.5) is 0 Å². The Morgan fingerprint density at radius 3 is 2.31 bits per heavy atom. The summed E-state index contributed by atoms with van der Waals surface area (Å²) in [7, 11) is 2.14. The van der Waals surface area contributed by atoms with E-state index in [9.17, 15) is 4.79 Å². The van der Waals surface area contributed by atoms with Gasteiger partial charge in [-0.3, -0.25) is 9.69 Å². The van der Waals surface area contributed by atoms with Crippen molar-refractivity contribution in [2.24, 2.45) is 0 Å². The van der Waals surface area contributed by atoms with E-state index in [0.717, 1.165) is 53.6 Å². The summed E-state index contributed by atoms with van der Waals surface area (Å²) in [5, 5.41) is 3.77. The average molecular weight is 416 g/mol. The Balaban J connectivity index is 1.59. The summed E-state index contributed by atoms with van der Waals surface area (Å²) in [5.41, 5.74) is 3.41. The summed E-state index contributed by atoms with van der Waals surface area (Å²) < 4.78 is 5.69. The van der Waals surface area contributed by atoms with Gasteiger partial charge in [-0.15, -0.1) is 0 Å². The maximum atomic E-state index is 12.4. The molecule has 5 nitrogen and oxygen atoms in total. The lowest BCUT2D eigenvalue weighted by Crippen LogP contribution is -2.48. The molecule has 1 N–H and O–H groups in total. The first-order chi connectivity index (χ1) is 13.9. The summed E-state index contributed by atoms with van der Waals surface area (Å²) in [6.45, 7) is 8.58. The van der Waals surface area contributed by atoms with Crippen molar-refractivity contribution in [1.82, 2.24) is 15.1 Å². The number of rotatable bonds is 7. The van der Waals surface area contributed by atoms with Crippen molar-refractivity contribution in [3.05, 3.63) is 64.2 Å². The lowest BCUT2D eigenvalue weighted by atomic mass is 10.0. The molecule has 0 saturated carbocycles. The number of nitrogens with zero attached hydrogens (tertiary/aromatic N) is 2. The van der Waals surface area contributed by atoms with Crippen LogP contribution in [0, 0.1) is 13.8 Å². The maximum absolute atomic E-state index is 12.4. The summed E-state index contributed by atoms with van der Waals surface area (Å²) >= 11 is 6.06. The van der Waals surface area contributed by atoms with Gasteiger partial charge in [0, 0.05) is 37.7 Å². The number of carbonyl (C=O) groups is 1. The summed E-state index contributed by atoms with van der Waals surface area (Å²) in [6, 6.07) is 14.0. The lowest BCUT2D eigenvalue weighted by Gasteiger charge is -2.38. The number of hydrogen-bond acceptors (Lipinski definition) is 4. The molecule has 2 aromatic rings. The molecule has 3 rings (SSSR count). The van der Waals surface area contributed by atoms with Gasteiger partial charge in [-0.05, 0) is 61.9 Å². The van der Waals surface area contributed by atoms with Gasteiger partial charge in [0.1, 0.15) is 5.75 Å². The minimum atomic E-state index is -0.114. The largest absolute Gasteiger partial charge is 0.484 e. The number of halogens is 1. The molecular formula is C23H30ClN3O2. The first kappa shape index (κ1) is 21.6. The van der Waals surface area contributed by atoms with Crippen LogP contribution in [-0.4, -0.2) is 62.1 Å². The molecular weight excluding hydrogens is 386 g/mol. The van der Waals surface area contributed by atoms with E-state index in [2.05, 4.69) is 28.2 Å². The summed E-state index contributed by atoms with van der Waals surface area (Å²) in [5.74, 6) is 0.614. The van der Waals surface area contributed by atoms with Crippen molar-refractivity contribution >= 4 is 17.5 Å². The van der Waals surface area contributed by atoms with E-state index < -0.39 is 0 Å². The third-order valence-electron chi connectivity index (χ3n) is 5.29. The standard InChI is InChI=1S/C23H30ClN3O2/c1-17-12-18(2)14-21(13-17)29-16-23(28)25-15-22(19-4-6-20(24)7-5-19)27-10-8-26(3)9-11-27/h4-7,12-14,22H,8-11,15-16H2,1-3H3,(H,25,28). The van der Waals surface area contributed by atoms with Gasteiger partial charge in [0.05, 0.1) is 6.04 Å². The molecule has 1 aliphatic rings. The molecule has 0 radical (unpaired) electrons. The molecule has 1 amide bonds. The number of carbonyl (C=O) groups excluding carboxylic acids is 1. The fraction of sp³-hybridized carbons (Fsp3) is 0.435. The van der Waals surface area contributed by atoms with Crippen molar-refractivity contribution in [2.75, 3.05) is 46.4 Å². The summed E-state index contributed by atoms with van der Waals surface area (Å²) in [4.78, 5) is 17.2. The number of nitrogens with one attached hydrogen (secondary N) is 1. The monoisotopic (exact) mass is 415 g/mol. The van der Waals surface area contributed by atoms with Crippen LogP contribution in [0.5, 0.6) is 5.75 Å². The molecule has 0 spiro atoms. The van der Waals surface area contributed by atoms with E-state index in [4.69, 9.17) is 16.3 Å². The van der Waals surface area contributed by atoms with Crippen LogP contribution >= 0.6 is 11.6 Å². The first-order valence-electron chi connectivity index (χ1n) is 10.1. The molecule has 2 aromatic carbocycles. The van der Waals surface area contributed by atoms with Crippen molar-refractivity contribution in [3.8, 4) is 5.75 Å². The number of benzene rings is 2. The van der Waals surface area contributed by atoms with Crippen LogP contribution in [0.15, 0.2) is 42.5 Å². The van der Waals surface area contributed by atoms with Gasteiger partial charge in [0.25, 0.3) is 5.91 Å². The van der Waals surface area contributed by atoms with Gasteiger partial charge >= 0.3 is 0 Å². The topological polar surface area (TPSA) is 44.8 Å². The Kier molecular flexibility index (Phi) is 7.53.